The van der Waals surface area contributed by atoms with Crippen LogP contribution in [0.3, 0.4) is 0 Å². The van der Waals surface area contributed by atoms with Gasteiger partial charge in [-0.1, -0.05) is 138 Å². The summed E-state index contributed by atoms with van der Waals surface area (Å²) in [7, 11) is 5.15. The number of aryl methyl sites for hydroxylation is 4. The molecule has 8 N–H and O–H groups in total. The number of nitrogens with one attached hydrogen (secondary N) is 8. The number of rotatable bonds is 13. The van der Waals surface area contributed by atoms with Crippen molar-refractivity contribution in [3.05, 3.63) is 198 Å². The van der Waals surface area contributed by atoms with Crippen LogP contribution in [-0.4, -0.2) is 73.9 Å². The van der Waals surface area contributed by atoms with Gasteiger partial charge in [-0.15, -0.1) is 0 Å². The zero-order valence-electron chi connectivity index (χ0n) is 53.5. The molecular weight excluding hydrogens is 1180 g/mol. The number of aromatic nitrogens is 5. The van der Waals surface area contributed by atoms with Crippen LogP contribution in [-0.2, 0) is 11.8 Å². The van der Waals surface area contributed by atoms with Crippen LogP contribution in [0, 0.1) is 37.4 Å². The van der Waals surface area contributed by atoms with Crippen LogP contribution < -0.4 is 31.9 Å². The first-order valence-corrected chi connectivity index (χ1v) is 29.7. The van der Waals surface area contributed by atoms with Gasteiger partial charge in [-0.2, -0.15) is 5.10 Å². The van der Waals surface area contributed by atoms with Crippen LogP contribution in [0.5, 0.6) is 0 Å². The Bertz CT molecular complexity index is 3700. The number of allylic oxidation sites excluding steroid dienone is 1. The largest absolute Gasteiger partial charge is 0.373 e. The normalized spacial score (nSPS) is 10.1. The van der Waals surface area contributed by atoms with E-state index >= 15 is 0 Å². The van der Waals surface area contributed by atoms with E-state index in [9.17, 15) is 23.6 Å². The summed E-state index contributed by atoms with van der Waals surface area (Å²) in [6.45, 7) is 28.8. The predicted molar refractivity (Wildman–Crippen MR) is 366 cm³/mol. The molecule has 0 aliphatic rings. The van der Waals surface area contributed by atoms with Crippen molar-refractivity contribution in [3.63, 3.8) is 0 Å². The molecule has 88 heavy (non-hydrogen) atoms. The molecule has 4 aromatic heterocycles. The second-order valence-corrected chi connectivity index (χ2v) is 20.0. The van der Waals surface area contributed by atoms with Gasteiger partial charge in [0.2, 0.25) is 0 Å². The fourth-order valence-corrected chi connectivity index (χ4v) is 8.80. The molecule has 4 amide bonds. The lowest BCUT2D eigenvalue weighted by molar-refractivity contribution is -0.112. The van der Waals surface area contributed by atoms with E-state index in [1.54, 1.807) is 58.7 Å². The highest BCUT2D eigenvalue weighted by atomic mass is 35.5. The van der Waals surface area contributed by atoms with Crippen molar-refractivity contribution in [3.8, 4) is 0 Å². The van der Waals surface area contributed by atoms with Gasteiger partial charge in [-0.3, -0.25) is 23.9 Å². The molecule has 0 aliphatic heterocycles. The highest BCUT2D eigenvalue weighted by Crippen LogP contribution is 2.31. The lowest BCUT2D eigenvalue weighted by Crippen LogP contribution is -2.15. The summed E-state index contributed by atoms with van der Waals surface area (Å²) in [6.07, 6.45) is 6.03. The van der Waals surface area contributed by atoms with Crippen LogP contribution in [0.2, 0.25) is 15.1 Å². The van der Waals surface area contributed by atoms with Gasteiger partial charge in [-0.25, -0.2) is 19.3 Å². The van der Waals surface area contributed by atoms with Gasteiger partial charge in [-0.05, 0) is 126 Å². The van der Waals surface area contributed by atoms with Crippen molar-refractivity contribution in [1.29, 1.82) is 10.8 Å². The number of carbonyl (C=O) groups excluding carboxylic acids is 4. The van der Waals surface area contributed by atoms with Crippen molar-refractivity contribution < 1.29 is 23.6 Å². The second kappa shape index (κ2) is 37.7. The molecule has 0 radical (unpaired) electrons. The minimum absolute atomic E-state index is 0.0450. The van der Waals surface area contributed by atoms with Crippen molar-refractivity contribution >= 4 is 115 Å². The molecule has 468 valence electrons. The lowest BCUT2D eigenvalue weighted by atomic mass is 10.0. The third kappa shape index (κ3) is 21.5. The Labute approximate surface area is 532 Å². The average Bonchev–Trinajstić information content (AvgIpc) is 1.62. The number of hydrogen-bond acceptors (Lipinski definition) is 12. The smallest absolute Gasteiger partial charge is 0.258 e. The van der Waals surface area contributed by atoms with Gasteiger partial charge in [0.15, 0.2) is 5.65 Å². The van der Waals surface area contributed by atoms with E-state index in [-0.39, 0.29) is 50.3 Å². The Morgan fingerprint density at radius 2 is 0.989 bits per heavy atom. The Morgan fingerprint density at radius 3 is 1.43 bits per heavy atom. The number of amides is 4. The first-order valence-electron chi connectivity index (χ1n) is 28.6. The molecule has 0 saturated heterocycles. The number of halogens is 4. The van der Waals surface area contributed by atoms with Gasteiger partial charge < -0.3 is 42.7 Å². The standard InChI is InChI=1S/C18H19ClN4O.C16H17ClN4O.C15H14ClFN4O.C12H15NO.3C2H6/c1-10(2)12-6-5-7-13(8-12)21-18(24)14-9-20-17-15(16(14)19)11(3)22-23(17)4;1-9-5-4-6-11(7-9)21-16(22)12-8-20-15(19-3)13(10(2)18)14(12)17;1-8(18)12-13(16)11(7-20-14(12)19-2)15(22)21-10-5-3-9(17)4-6-10;1-4-10(3)12(14)13-11-7-5-9(2)6-8-11;3*1-2/h5-10H,1-4H3,(H,21,24);4-8,18H,1-3H3,(H,19,20)(H,21,22);3-7,18H,1-2H3,(H,19,20)(H,21,22);4-8H,1-3H3,(H,13,14);3*1-2H3/b;;;10-4+;;;. The molecule has 21 heteroatoms. The van der Waals surface area contributed by atoms with Crippen molar-refractivity contribution in [1.82, 2.24) is 24.7 Å². The highest BCUT2D eigenvalue weighted by molar-refractivity contribution is 6.40. The van der Waals surface area contributed by atoms with Crippen LogP contribution >= 0.6 is 34.8 Å². The van der Waals surface area contributed by atoms with E-state index in [1.807, 2.05) is 136 Å². The Hall–Kier alpha value is -8.84. The van der Waals surface area contributed by atoms with Crippen LogP contribution in [0.15, 0.2) is 127 Å². The van der Waals surface area contributed by atoms with E-state index in [1.165, 1.54) is 48.4 Å². The number of carbonyl (C=O) groups is 4. The molecule has 4 heterocycles. The monoisotopic (exact) mass is 1260 g/mol. The van der Waals surface area contributed by atoms with Gasteiger partial charge in [0, 0.05) is 79.5 Å². The molecule has 0 saturated carbocycles. The van der Waals surface area contributed by atoms with Crippen LogP contribution in [0.4, 0.5) is 38.8 Å². The summed E-state index contributed by atoms with van der Waals surface area (Å²) in [5.74, 6) is -0.253. The molecular formula is C67H83Cl3FN13O4. The number of pyridine rings is 3. The molecule has 8 rings (SSSR count). The summed E-state index contributed by atoms with van der Waals surface area (Å²) in [5, 5.41) is 38.1. The minimum Gasteiger partial charge on any atom is -0.373 e. The minimum atomic E-state index is -0.478. The topological polar surface area (TPSA) is 245 Å². The first kappa shape index (κ1) is 75.3. The van der Waals surface area contributed by atoms with Crippen LogP contribution in [0.1, 0.15) is 154 Å². The number of nitrogens with zero attached hydrogens (tertiary/aromatic N) is 5. The van der Waals surface area contributed by atoms with Crippen molar-refractivity contribution in [2.75, 3.05) is 46.0 Å². The first-order chi connectivity index (χ1) is 41.9. The zero-order valence-corrected chi connectivity index (χ0v) is 55.8. The second-order valence-electron chi connectivity index (χ2n) is 18.9. The maximum atomic E-state index is 12.9. The maximum absolute atomic E-state index is 12.9. The van der Waals surface area contributed by atoms with E-state index in [2.05, 4.69) is 65.8 Å². The molecule has 4 aromatic carbocycles. The third-order valence-corrected chi connectivity index (χ3v) is 13.4. The fourth-order valence-electron chi connectivity index (χ4n) is 7.71. The third-order valence-electron chi connectivity index (χ3n) is 12.2. The Morgan fingerprint density at radius 1 is 0.568 bits per heavy atom. The van der Waals surface area contributed by atoms with Gasteiger partial charge >= 0.3 is 0 Å². The maximum Gasteiger partial charge on any atom is 0.258 e. The lowest BCUT2D eigenvalue weighted by Gasteiger charge is -2.13. The van der Waals surface area contributed by atoms with Crippen molar-refractivity contribution in [2.24, 2.45) is 7.05 Å². The summed E-state index contributed by atoms with van der Waals surface area (Å²) in [6, 6.07) is 28.4. The predicted octanol–water partition coefficient (Wildman–Crippen LogP) is 17.6. The van der Waals surface area contributed by atoms with E-state index in [0.29, 0.717) is 61.7 Å². The van der Waals surface area contributed by atoms with Gasteiger partial charge in [0.05, 0.1) is 54.0 Å². The van der Waals surface area contributed by atoms with E-state index in [4.69, 9.17) is 45.6 Å². The molecule has 17 nitrogen and oxygen atoms in total. The van der Waals surface area contributed by atoms with Crippen molar-refractivity contribution in [2.45, 2.75) is 110 Å². The number of benzene rings is 4. The summed E-state index contributed by atoms with van der Waals surface area (Å²) < 4.78 is 14.5. The fraction of sp³-hybridized carbons (Fsp3) is 0.284. The number of fused-ring (bicyclic) bond motifs is 1. The molecule has 0 unspecified atom stereocenters. The Balaban J connectivity index is 0.000000394. The molecule has 0 bridgehead atoms. The molecule has 0 fully saturated rings. The SMILES string of the molecule is C/C=C(\C)C(=O)Nc1ccc(C)cc1.CC.CC.CC.CNc1ncc(C(=O)Nc2ccc(F)cc2)c(Cl)c1C(C)=N.CNc1ncc(C(=O)Nc2cccc(C)c2)c(Cl)c1C(C)=N.Cc1nn(C)c2ncc(C(=O)Nc3cccc(C(C)C)c3)c(Cl)c12. The Kier molecular flexibility index (Phi) is 32.2. The number of hydrogen-bond donors (Lipinski definition) is 8. The molecule has 0 atom stereocenters. The van der Waals surface area contributed by atoms with Gasteiger partial charge in [0.25, 0.3) is 23.6 Å². The molecule has 8 aromatic rings. The molecule has 0 aliphatic carbocycles. The zero-order chi connectivity index (χ0) is 66.5. The summed E-state index contributed by atoms with van der Waals surface area (Å²) >= 11 is 19.0. The van der Waals surface area contributed by atoms with Crippen LogP contribution in [0.25, 0.3) is 11.0 Å². The molecule has 0 spiro atoms. The van der Waals surface area contributed by atoms with E-state index in [0.717, 1.165) is 33.8 Å². The summed E-state index contributed by atoms with van der Waals surface area (Å²) in [5.41, 5.74) is 10.2. The quantitative estimate of drug-likeness (QED) is 0.0401. The number of anilines is 6. The highest BCUT2D eigenvalue weighted by Gasteiger charge is 2.22. The summed E-state index contributed by atoms with van der Waals surface area (Å²) in [4.78, 5) is 61.3. The average molecular weight is 1260 g/mol. The van der Waals surface area contributed by atoms with E-state index < -0.39 is 11.7 Å². The van der Waals surface area contributed by atoms with Gasteiger partial charge in [0.1, 0.15) is 17.5 Å².